The summed E-state index contributed by atoms with van der Waals surface area (Å²) in [5, 5.41) is 0. The van der Waals surface area contributed by atoms with Gasteiger partial charge >= 0.3 is 0 Å². The highest BCUT2D eigenvalue weighted by atomic mass is 16.2. The molecule has 0 saturated heterocycles. The van der Waals surface area contributed by atoms with Crippen molar-refractivity contribution in [3.63, 3.8) is 0 Å². The molecule has 36 heavy (non-hydrogen) atoms. The minimum absolute atomic E-state index is 0.00635. The molecule has 0 bridgehead atoms. The number of carbonyl (C=O) groups is 2. The second-order valence-corrected chi connectivity index (χ2v) is 13.2. The minimum Gasteiger partial charge on any atom is -0.291 e. The van der Waals surface area contributed by atoms with E-state index in [4.69, 9.17) is 0 Å². The lowest BCUT2D eigenvalue weighted by atomic mass is 9.49. The van der Waals surface area contributed by atoms with Crippen molar-refractivity contribution in [1.82, 2.24) is 0 Å². The molecule has 6 fully saturated rings. The summed E-state index contributed by atoms with van der Waals surface area (Å²) in [5.74, 6) is 6.57. The molecule has 186 valence electrons. The first-order valence-electron chi connectivity index (χ1n) is 14.9. The first-order valence-corrected chi connectivity index (χ1v) is 14.9. The summed E-state index contributed by atoms with van der Waals surface area (Å²) in [4.78, 5) is 26.1. The molecule has 6 saturated carbocycles. The molecule has 10 unspecified atom stereocenters. The fourth-order valence-electron chi connectivity index (χ4n) is 11.6. The Morgan fingerprint density at radius 3 is 1.33 bits per heavy atom. The second kappa shape index (κ2) is 8.14. The van der Waals surface area contributed by atoms with Crippen LogP contribution in [-0.2, 0) is 9.59 Å². The molecule has 0 N–H and O–H groups in total. The number of fused-ring (bicyclic) bond motifs is 4. The summed E-state index contributed by atoms with van der Waals surface area (Å²) in [6.07, 6.45) is 9.74. The van der Waals surface area contributed by atoms with E-state index < -0.39 is 0 Å². The average molecular weight is 479 g/mol. The number of ketones is 2. The molecule has 0 radical (unpaired) electrons. The van der Waals surface area contributed by atoms with Crippen molar-refractivity contribution < 1.29 is 9.59 Å². The van der Waals surface area contributed by atoms with Crippen LogP contribution in [-0.4, -0.2) is 11.6 Å². The van der Waals surface area contributed by atoms with Gasteiger partial charge in [-0.05, 0) is 109 Å². The van der Waals surface area contributed by atoms with Gasteiger partial charge in [0.1, 0.15) is 0 Å². The van der Waals surface area contributed by atoms with E-state index in [2.05, 4.69) is 60.7 Å². The van der Waals surface area contributed by atoms with Crippen LogP contribution in [0, 0.1) is 59.2 Å². The molecule has 2 aromatic carbocycles. The molecular formula is C34H38O2. The zero-order chi connectivity index (χ0) is 24.0. The number of carbonyl (C=O) groups excluding carboxylic acids is 2. The van der Waals surface area contributed by atoms with Gasteiger partial charge < -0.3 is 0 Å². The van der Waals surface area contributed by atoms with Gasteiger partial charge in [0.05, 0.1) is 0 Å². The summed E-state index contributed by atoms with van der Waals surface area (Å²) in [5.41, 5.74) is 3.15. The van der Waals surface area contributed by atoms with Crippen molar-refractivity contribution in [3.05, 3.63) is 71.8 Å². The maximum Gasteiger partial charge on any atom is 0.202 e. The first kappa shape index (κ1) is 21.8. The Hall–Kier alpha value is -2.22. The van der Waals surface area contributed by atoms with E-state index in [1.54, 1.807) is 11.1 Å². The lowest BCUT2D eigenvalue weighted by Crippen LogP contribution is -2.46. The fourth-order valence-corrected chi connectivity index (χ4v) is 11.6. The lowest BCUT2D eigenvalue weighted by Gasteiger charge is -2.55. The van der Waals surface area contributed by atoms with E-state index in [-0.39, 0.29) is 23.4 Å². The lowest BCUT2D eigenvalue weighted by molar-refractivity contribution is -0.137. The van der Waals surface area contributed by atoms with Gasteiger partial charge in [-0.2, -0.15) is 0 Å². The van der Waals surface area contributed by atoms with Crippen LogP contribution >= 0.6 is 0 Å². The monoisotopic (exact) mass is 478 g/mol. The van der Waals surface area contributed by atoms with Crippen molar-refractivity contribution >= 4 is 11.6 Å². The highest BCUT2D eigenvalue weighted by molar-refractivity contribution is 6.41. The van der Waals surface area contributed by atoms with E-state index in [1.165, 1.54) is 25.7 Å². The zero-order valence-corrected chi connectivity index (χ0v) is 21.2. The Bertz CT molecular complexity index is 1080. The van der Waals surface area contributed by atoms with Crippen LogP contribution in [0.25, 0.3) is 0 Å². The molecule has 2 heteroatoms. The van der Waals surface area contributed by atoms with Crippen molar-refractivity contribution in [2.75, 3.05) is 0 Å². The number of hydrogen-bond acceptors (Lipinski definition) is 2. The Labute approximate surface area is 215 Å². The molecule has 0 heterocycles. The first-order chi connectivity index (χ1) is 17.7. The molecule has 6 aliphatic carbocycles. The average Bonchev–Trinajstić information content (AvgIpc) is 3.39. The van der Waals surface area contributed by atoms with Crippen molar-refractivity contribution in [2.24, 2.45) is 59.2 Å². The van der Waals surface area contributed by atoms with Crippen LogP contribution < -0.4 is 0 Å². The van der Waals surface area contributed by atoms with Crippen LogP contribution in [0.15, 0.2) is 60.7 Å². The van der Waals surface area contributed by atoms with E-state index in [0.29, 0.717) is 47.3 Å². The summed E-state index contributed by atoms with van der Waals surface area (Å²) < 4.78 is 0. The molecule has 0 aromatic heterocycles. The van der Waals surface area contributed by atoms with Crippen LogP contribution in [0.2, 0.25) is 0 Å². The smallest absolute Gasteiger partial charge is 0.202 e. The largest absolute Gasteiger partial charge is 0.291 e. The number of rotatable bonds is 2. The minimum atomic E-state index is 0.00635. The Balaban J connectivity index is 1.32. The standard InChI is InChI=1S/C34H38O2/c35-33-25-17-15-23-29-24(16-18-26(30(25)29)34(33)36)32-28(20-11-5-2-6-12-20)22-14-8-7-13-21(22)27(31(23)32)19-9-3-1-4-10-19/h1-6,9-12,21-32H,7-8,13-18H2. The maximum absolute atomic E-state index is 13.1. The fraction of sp³-hybridized carbons (Fsp3) is 0.588. The number of benzene rings is 2. The normalized spacial score (nSPS) is 46.7. The molecule has 2 nitrogen and oxygen atoms in total. The van der Waals surface area contributed by atoms with Gasteiger partial charge in [0.15, 0.2) is 0 Å². The second-order valence-electron chi connectivity index (χ2n) is 13.2. The summed E-state index contributed by atoms with van der Waals surface area (Å²) in [6, 6.07) is 23.1. The van der Waals surface area contributed by atoms with E-state index in [1.807, 2.05) is 0 Å². The third-order valence-corrected chi connectivity index (χ3v) is 12.3. The predicted octanol–water partition coefficient (Wildman–Crippen LogP) is 7.06. The Morgan fingerprint density at radius 1 is 0.444 bits per heavy atom. The molecule has 0 amide bonds. The summed E-state index contributed by atoms with van der Waals surface area (Å²) in [6.45, 7) is 0. The van der Waals surface area contributed by atoms with Crippen LogP contribution in [0.5, 0.6) is 0 Å². The van der Waals surface area contributed by atoms with Crippen molar-refractivity contribution in [3.8, 4) is 0 Å². The molecule has 8 rings (SSSR count). The molecule has 10 atom stereocenters. The molecule has 2 aromatic rings. The topological polar surface area (TPSA) is 34.1 Å². The molecule has 0 aliphatic heterocycles. The van der Waals surface area contributed by atoms with E-state index in [0.717, 1.165) is 37.5 Å². The number of Topliss-reactive ketones (excluding diaryl/α,β-unsaturated/α-hetero) is 2. The maximum atomic E-state index is 13.1. The van der Waals surface area contributed by atoms with Crippen LogP contribution in [0.4, 0.5) is 0 Å². The highest BCUT2D eigenvalue weighted by Crippen LogP contribution is 2.73. The quantitative estimate of drug-likeness (QED) is 0.433. The van der Waals surface area contributed by atoms with Gasteiger partial charge in [0, 0.05) is 11.8 Å². The molecular weight excluding hydrogens is 440 g/mol. The summed E-state index contributed by atoms with van der Waals surface area (Å²) >= 11 is 0. The van der Waals surface area contributed by atoms with Gasteiger partial charge in [-0.25, -0.2) is 0 Å². The number of hydrogen-bond donors (Lipinski definition) is 0. The Morgan fingerprint density at radius 2 is 0.889 bits per heavy atom. The molecule has 0 spiro atoms. The van der Waals surface area contributed by atoms with Gasteiger partial charge in [0.25, 0.3) is 0 Å². The van der Waals surface area contributed by atoms with E-state index in [9.17, 15) is 9.59 Å². The van der Waals surface area contributed by atoms with Crippen molar-refractivity contribution in [2.45, 2.75) is 63.2 Å². The molecule has 6 aliphatic rings. The van der Waals surface area contributed by atoms with Crippen LogP contribution in [0.1, 0.15) is 74.3 Å². The van der Waals surface area contributed by atoms with Gasteiger partial charge in [-0.15, -0.1) is 0 Å². The van der Waals surface area contributed by atoms with Gasteiger partial charge in [-0.1, -0.05) is 73.5 Å². The third kappa shape index (κ3) is 2.85. The van der Waals surface area contributed by atoms with Gasteiger partial charge in [0.2, 0.25) is 11.6 Å². The summed E-state index contributed by atoms with van der Waals surface area (Å²) in [7, 11) is 0. The highest BCUT2D eigenvalue weighted by Gasteiger charge is 2.69. The SMILES string of the molecule is O=C1C(=O)C2CCC3C4C(CCC1C24)C1C(c2ccccc2)C2CCCCC2C(c2ccccc2)C31. The zero-order valence-electron chi connectivity index (χ0n) is 21.2. The Kier molecular flexibility index (Phi) is 4.93. The van der Waals surface area contributed by atoms with Gasteiger partial charge in [-0.3, -0.25) is 9.59 Å². The predicted molar refractivity (Wildman–Crippen MR) is 140 cm³/mol. The van der Waals surface area contributed by atoms with Crippen LogP contribution in [0.3, 0.4) is 0 Å². The third-order valence-electron chi connectivity index (χ3n) is 12.3. The van der Waals surface area contributed by atoms with Crippen molar-refractivity contribution in [1.29, 1.82) is 0 Å². The van der Waals surface area contributed by atoms with E-state index >= 15 is 0 Å².